The van der Waals surface area contributed by atoms with E-state index in [9.17, 15) is 0 Å². The number of fused-ring (bicyclic) bond motifs is 3. The van der Waals surface area contributed by atoms with Crippen molar-refractivity contribution in [2.45, 2.75) is 70.0 Å². The first-order valence-corrected chi connectivity index (χ1v) is 14.7. The van der Waals surface area contributed by atoms with Gasteiger partial charge in [-0.15, -0.1) is 0 Å². The molecule has 0 amide bonds. The molecule has 6 heteroatoms. The van der Waals surface area contributed by atoms with E-state index in [0.29, 0.717) is 0 Å². The van der Waals surface area contributed by atoms with Gasteiger partial charge >= 0.3 is 0 Å². The van der Waals surface area contributed by atoms with Crippen LogP contribution in [0.4, 0.5) is 0 Å². The lowest BCUT2D eigenvalue weighted by atomic mass is 10.00. The second-order valence-corrected chi connectivity index (χ2v) is 14.2. The van der Waals surface area contributed by atoms with Crippen molar-refractivity contribution in [1.29, 1.82) is 0 Å². The van der Waals surface area contributed by atoms with E-state index in [1.165, 1.54) is 15.9 Å². The van der Waals surface area contributed by atoms with E-state index < -0.39 is 25.1 Å². The third kappa shape index (κ3) is 4.22. The normalized spacial score (nSPS) is 30.5. The van der Waals surface area contributed by atoms with Gasteiger partial charge in [-0.25, -0.2) is 0 Å². The lowest BCUT2D eigenvalue weighted by molar-refractivity contribution is -0.228. The fourth-order valence-electron chi connectivity index (χ4n) is 5.92. The highest BCUT2D eigenvalue weighted by molar-refractivity contribution is 7.95. The van der Waals surface area contributed by atoms with Crippen LogP contribution in [-0.4, -0.2) is 48.4 Å². The van der Waals surface area contributed by atoms with Gasteiger partial charge in [0.1, 0.15) is 53.8 Å². The van der Waals surface area contributed by atoms with Crippen LogP contribution in [0, 0.1) is 0 Å². The van der Waals surface area contributed by atoms with E-state index in [2.05, 4.69) is 91.0 Å². The number of rotatable bonds is 5. The molecule has 3 fully saturated rings. The molecule has 3 saturated heterocycles. The molecule has 3 aliphatic heterocycles. The number of hydrogen-bond donors (Lipinski definition) is 0. The Morgan fingerprint density at radius 1 is 0.556 bits per heavy atom. The lowest BCUT2D eigenvalue weighted by Gasteiger charge is -2.39. The van der Waals surface area contributed by atoms with E-state index >= 15 is 0 Å². The summed E-state index contributed by atoms with van der Waals surface area (Å²) in [5.41, 5.74) is 0. The topological polar surface area (TPSA) is 46.2 Å². The molecule has 0 N–H and O–H groups in total. The third-order valence-corrected chi connectivity index (χ3v) is 11.7. The van der Waals surface area contributed by atoms with Gasteiger partial charge in [-0.3, -0.25) is 0 Å². The Bertz CT molecular complexity index is 1090. The van der Waals surface area contributed by atoms with Crippen molar-refractivity contribution in [3.05, 3.63) is 91.0 Å². The lowest BCUT2D eigenvalue weighted by Crippen LogP contribution is -2.57. The quantitative estimate of drug-likeness (QED) is 0.482. The zero-order valence-electron chi connectivity index (χ0n) is 21.2. The Morgan fingerprint density at radius 3 is 1.47 bits per heavy atom. The first-order valence-electron chi connectivity index (χ1n) is 12.7. The Labute approximate surface area is 214 Å². The fraction of sp³-hybridized carbons (Fsp3) is 0.400. The Kier molecular flexibility index (Phi) is 6.07. The Morgan fingerprint density at radius 2 is 0.972 bits per heavy atom. The molecule has 3 aliphatic rings. The number of hydrogen-bond acceptors (Lipinski definition) is 5. The Balaban J connectivity index is 1.49. The molecule has 0 unspecified atom stereocenters. The molecule has 5 nitrogen and oxygen atoms in total. The second-order valence-electron chi connectivity index (χ2n) is 10.7. The maximum Gasteiger partial charge on any atom is 0.190 e. The molecule has 0 saturated carbocycles. The van der Waals surface area contributed by atoms with E-state index in [-0.39, 0.29) is 24.4 Å². The van der Waals surface area contributed by atoms with Gasteiger partial charge in [0.05, 0.1) is 0 Å². The smallest absolute Gasteiger partial charge is 0.190 e. The summed E-state index contributed by atoms with van der Waals surface area (Å²) < 4.78 is 32.2. The Hall–Kier alpha value is -2.11. The van der Waals surface area contributed by atoms with Crippen molar-refractivity contribution < 1.29 is 23.7 Å². The van der Waals surface area contributed by atoms with Crippen LogP contribution in [0.3, 0.4) is 0 Å². The summed E-state index contributed by atoms with van der Waals surface area (Å²) in [7, 11) is -2.14. The molecule has 188 valence electrons. The molecule has 0 radical (unpaired) electrons. The maximum atomic E-state index is 6.75. The summed E-state index contributed by atoms with van der Waals surface area (Å²) in [6.45, 7) is 7.78. The van der Waals surface area contributed by atoms with Crippen LogP contribution >= 0.6 is 7.26 Å². The van der Waals surface area contributed by atoms with E-state index in [1.807, 2.05) is 27.7 Å². The van der Waals surface area contributed by atoms with E-state index in [4.69, 9.17) is 23.7 Å². The molecule has 0 aromatic heterocycles. The van der Waals surface area contributed by atoms with Crippen LogP contribution in [0.2, 0.25) is 0 Å². The summed E-state index contributed by atoms with van der Waals surface area (Å²) >= 11 is 0. The van der Waals surface area contributed by atoms with Gasteiger partial charge in [0, 0.05) is 0 Å². The summed E-state index contributed by atoms with van der Waals surface area (Å²) in [4.78, 5) is 0. The van der Waals surface area contributed by atoms with Crippen LogP contribution in [0.25, 0.3) is 0 Å². The molecular weight excluding hydrogens is 471 g/mol. The first-order chi connectivity index (χ1) is 17.3. The van der Waals surface area contributed by atoms with Crippen molar-refractivity contribution in [3.8, 4) is 0 Å². The van der Waals surface area contributed by atoms with Gasteiger partial charge in [-0.1, -0.05) is 54.6 Å². The van der Waals surface area contributed by atoms with Crippen LogP contribution in [0.15, 0.2) is 91.0 Å². The zero-order valence-corrected chi connectivity index (χ0v) is 22.1. The molecule has 3 aromatic carbocycles. The first kappa shape index (κ1) is 24.2. The van der Waals surface area contributed by atoms with Gasteiger partial charge in [0.15, 0.2) is 17.9 Å². The van der Waals surface area contributed by atoms with Crippen LogP contribution in [-0.2, 0) is 23.7 Å². The molecular formula is C30H34O5P+. The minimum absolute atomic E-state index is 0.246. The molecule has 0 spiro atoms. The summed E-state index contributed by atoms with van der Waals surface area (Å²) in [5.74, 6) is -1.47. The second kappa shape index (κ2) is 9.02. The van der Waals surface area contributed by atoms with Gasteiger partial charge in [0.2, 0.25) is 0 Å². The molecule has 3 aromatic rings. The minimum Gasteiger partial charge on any atom is -0.342 e. The van der Waals surface area contributed by atoms with Crippen molar-refractivity contribution in [3.63, 3.8) is 0 Å². The fourth-order valence-corrected chi connectivity index (χ4v) is 10.3. The highest BCUT2D eigenvalue weighted by Crippen LogP contribution is 2.58. The van der Waals surface area contributed by atoms with Gasteiger partial charge in [-0.05, 0) is 64.1 Å². The molecule has 36 heavy (non-hydrogen) atoms. The van der Waals surface area contributed by atoms with Crippen molar-refractivity contribution >= 4 is 23.2 Å². The van der Waals surface area contributed by atoms with E-state index in [0.717, 1.165) is 6.16 Å². The molecule has 0 bridgehead atoms. The highest BCUT2D eigenvalue weighted by Gasteiger charge is 2.63. The number of benzene rings is 3. The van der Waals surface area contributed by atoms with Crippen molar-refractivity contribution in [1.82, 2.24) is 0 Å². The zero-order chi connectivity index (χ0) is 25.0. The van der Waals surface area contributed by atoms with Gasteiger partial charge in [0.25, 0.3) is 0 Å². The number of ether oxygens (including phenoxy) is 5. The van der Waals surface area contributed by atoms with Crippen LogP contribution in [0.1, 0.15) is 27.7 Å². The van der Waals surface area contributed by atoms with E-state index in [1.54, 1.807) is 0 Å². The van der Waals surface area contributed by atoms with Crippen LogP contribution in [0.5, 0.6) is 0 Å². The molecule has 5 atom stereocenters. The SMILES string of the molecule is CC1(C)O[C@H]2[C@@H](O1)[C@@H](C[P+](c1ccccc1)(c1ccccc1)c1ccccc1)O[C@@H]1OC(C)(C)O[C@@H]12. The average Bonchev–Trinajstić information content (AvgIpc) is 3.38. The largest absolute Gasteiger partial charge is 0.342 e. The summed E-state index contributed by atoms with van der Waals surface area (Å²) in [6.07, 6.45) is -0.860. The highest BCUT2D eigenvalue weighted by atomic mass is 31.2. The predicted octanol–water partition coefficient (Wildman–Crippen LogP) is 4.38. The maximum absolute atomic E-state index is 6.75. The summed E-state index contributed by atoms with van der Waals surface area (Å²) in [6, 6.07) is 32.5. The minimum atomic E-state index is -2.14. The monoisotopic (exact) mass is 505 g/mol. The summed E-state index contributed by atoms with van der Waals surface area (Å²) in [5, 5.41) is 3.94. The molecule has 0 aliphatic carbocycles. The van der Waals surface area contributed by atoms with Gasteiger partial charge in [-0.2, -0.15) is 0 Å². The average molecular weight is 506 g/mol. The van der Waals surface area contributed by atoms with Crippen LogP contribution < -0.4 is 15.9 Å². The van der Waals surface area contributed by atoms with Crippen molar-refractivity contribution in [2.75, 3.05) is 6.16 Å². The molecule has 3 heterocycles. The standard InChI is InChI=1S/C30H34O5P/c1-29(2)32-25-24(31-28-27(26(25)33-29)34-30(3,4)35-28)20-36(21-14-8-5-9-15-21,22-16-10-6-11-17-22)23-18-12-7-13-19-23/h5-19,24-28H,20H2,1-4H3/q+1/t24-,25+,26+,27-,28-/m1/s1. The molecule has 6 rings (SSSR count). The third-order valence-electron chi connectivity index (χ3n) is 7.30. The van der Waals surface area contributed by atoms with Crippen molar-refractivity contribution in [2.24, 2.45) is 0 Å². The predicted molar refractivity (Wildman–Crippen MR) is 143 cm³/mol. The van der Waals surface area contributed by atoms with Gasteiger partial charge < -0.3 is 23.7 Å².